The third-order valence-electron chi connectivity index (χ3n) is 11.4. The molecule has 6 rings (SSSR count). The van der Waals surface area contributed by atoms with Gasteiger partial charge in [-0.25, -0.2) is 9.59 Å². The van der Waals surface area contributed by atoms with Crippen LogP contribution in [0.4, 0.5) is 9.59 Å². The number of hydrogen-bond acceptors (Lipinski definition) is 7. The predicted octanol–water partition coefficient (Wildman–Crippen LogP) is 6.37. The maximum absolute atomic E-state index is 14.3. The van der Waals surface area contributed by atoms with Gasteiger partial charge in [-0.05, 0) is 87.1 Å². The molecular weight excluding hydrogens is 683 g/mol. The van der Waals surface area contributed by atoms with Gasteiger partial charge in [-0.3, -0.25) is 9.69 Å². The van der Waals surface area contributed by atoms with Crippen molar-refractivity contribution in [3.63, 3.8) is 0 Å². The average molecular weight is 742 g/mol. The summed E-state index contributed by atoms with van der Waals surface area (Å²) in [6.07, 6.45) is 7.59. The van der Waals surface area contributed by atoms with E-state index in [4.69, 9.17) is 14.2 Å². The Labute approximate surface area is 321 Å². The molecule has 0 bridgehead atoms. The lowest BCUT2D eigenvalue weighted by atomic mass is 9.98. The first-order valence-electron chi connectivity index (χ1n) is 20.0. The molecule has 11 nitrogen and oxygen atoms in total. The van der Waals surface area contributed by atoms with Gasteiger partial charge in [0.1, 0.15) is 12.4 Å². The molecule has 0 saturated carbocycles. The monoisotopic (exact) mass is 741 g/mol. The predicted molar refractivity (Wildman–Crippen MR) is 209 cm³/mol. The van der Waals surface area contributed by atoms with E-state index in [0.717, 1.165) is 91.3 Å². The van der Waals surface area contributed by atoms with Gasteiger partial charge in [0.2, 0.25) is 0 Å². The molecule has 4 heterocycles. The van der Waals surface area contributed by atoms with E-state index in [0.29, 0.717) is 58.2 Å². The van der Waals surface area contributed by atoms with Crippen molar-refractivity contribution in [2.45, 2.75) is 97.4 Å². The normalized spacial score (nSPS) is 20.2. The van der Waals surface area contributed by atoms with Crippen molar-refractivity contribution in [2.75, 3.05) is 59.0 Å². The highest BCUT2D eigenvalue weighted by Gasteiger charge is 2.36. The van der Waals surface area contributed by atoms with Gasteiger partial charge in [-0.1, -0.05) is 61.5 Å². The first-order chi connectivity index (χ1) is 26.2. The number of likely N-dealkylation sites (tertiary alicyclic amines) is 2. The lowest BCUT2D eigenvalue weighted by Gasteiger charge is -2.41. The van der Waals surface area contributed by atoms with E-state index in [1.807, 2.05) is 79.1 Å². The van der Waals surface area contributed by atoms with Gasteiger partial charge in [0, 0.05) is 70.0 Å². The Balaban J connectivity index is 1.11. The Morgan fingerprint density at radius 1 is 0.889 bits per heavy atom. The van der Waals surface area contributed by atoms with Gasteiger partial charge in [0.15, 0.2) is 6.10 Å². The number of piperidine rings is 2. The molecule has 2 aromatic carbocycles. The number of ether oxygens (including phenoxy) is 3. The Morgan fingerprint density at radius 2 is 1.54 bits per heavy atom. The maximum Gasteiger partial charge on any atom is 0.410 e. The summed E-state index contributed by atoms with van der Waals surface area (Å²) >= 11 is 0. The summed E-state index contributed by atoms with van der Waals surface area (Å²) in [4.78, 5) is 49.4. The third-order valence-corrected chi connectivity index (χ3v) is 11.4. The molecule has 1 atom stereocenters. The van der Waals surface area contributed by atoms with Crippen LogP contribution >= 0.6 is 0 Å². The zero-order valence-corrected chi connectivity index (χ0v) is 32.7. The molecule has 4 aliphatic heterocycles. The molecule has 0 unspecified atom stereocenters. The Kier molecular flexibility index (Phi) is 13.7. The molecule has 0 radical (unpaired) electrons. The number of nitrogens with zero attached hydrogens (tertiary/aromatic N) is 4. The molecule has 292 valence electrons. The summed E-state index contributed by atoms with van der Waals surface area (Å²) in [5, 5.41) is 3.14. The lowest BCUT2D eigenvalue weighted by Crippen LogP contribution is -2.53. The van der Waals surface area contributed by atoms with E-state index in [-0.39, 0.29) is 24.4 Å². The zero-order chi connectivity index (χ0) is 38.0. The van der Waals surface area contributed by atoms with Crippen molar-refractivity contribution in [3.8, 4) is 5.75 Å². The molecule has 0 aliphatic carbocycles. The molecule has 11 heteroatoms. The fourth-order valence-electron chi connectivity index (χ4n) is 8.49. The van der Waals surface area contributed by atoms with Crippen LogP contribution in [0.5, 0.6) is 5.75 Å². The van der Waals surface area contributed by atoms with E-state index < -0.39 is 12.2 Å². The van der Waals surface area contributed by atoms with Gasteiger partial charge in [0.25, 0.3) is 5.91 Å². The van der Waals surface area contributed by atoms with Crippen LogP contribution in [-0.2, 0) is 27.3 Å². The minimum atomic E-state index is -0.954. The summed E-state index contributed by atoms with van der Waals surface area (Å²) in [5.41, 5.74) is 6.11. The van der Waals surface area contributed by atoms with E-state index in [1.54, 1.807) is 4.90 Å². The number of aryl methyl sites for hydroxylation is 2. The van der Waals surface area contributed by atoms with E-state index in [9.17, 15) is 14.4 Å². The number of urea groups is 1. The van der Waals surface area contributed by atoms with Gasteiger partial charge in [-0.15, -0.1) is 0 Å². The molecule has 1 N–H and O–H groups in total. The highest BCUT2D eigenvalue weighted by Crippen LogP contribution is 2.29. The van der Waals surface area contributed by atoms with Crippen molar-refractivity contribution >= 4 is 18.0 Å². The van der Waals surface area contributed by atoms with Gasteiger partial charge in [-0.2, -0.15) is 0 Å². The van der Waals surface area contributed by atoms with E-state index in [2.05, 4.69) is 23.2 Å². The maximum atomic E-state index is 14.3. The first-order valence-corrected chi connectivity index (χ1v) is 20.0. The molecule has 3 saturated heterocycles. The molecule has 54 heavy (non-hydrogen) atoms. The number of amides is 4. The minimum absolute atomic E-state index is 0.0240. The van der Waals surface area contributed by atoms with Crippen LogP contribution in [0.15, 0.2) is 65.9 Å². The number of hydrogen-bond donors (Lipinski definition) is 1. The molecule has 4 aliphatic rings. The van der Waals surface area contributed by atoms with E-state index >= 15 is 0 Å². The molecule has 4 amide bonds. The van der Waals surface area contributed by atoms with Gasteiger partial charge < -0.3 is 34.2 Å². The quantitative estimate of drug-likeness (QED) is 0.286. The number of nitrogens with one attached hydrogen (secondary N) is 1. The number of carbonyl (C=O) groups is 3. The fraction of sp³-hybridized carbons (Fsp3) is 0.558. The van der Waals surface area contributed by atoms with Crippen molar-refractivity contribution in [1.82, 2.24) is 24.9 Å². The van der Waals surface area contributed by atoms with Gasteiger partial charge in [0.05, 0.1) is 13.2 Å². The molecule has 3 fully saturated rings. The van der Waals surface area contributed by atoms with Gasteiger partial charge >= 0.3 is 12.1 Å². The Bertz CT molecular complexity index is 1630. The summed E-state index contributed by atoms with van der Waals surface area (Å²) in [5.74, 6) is 0.684. The lowest BCUT2D eigenvalue weighted by molar-refractivity contribution is -0.142. The van der Waals surface area contributed by atoms with Crippen molar-refractivity contribution in [1.29, 1.82) is 0 Å². The average Bonchev–Trinajstić information content (AvgIpc) is 3.35. The SMILES string of the molecule is C/C=C\C1=C(CC)NC(=O)N(C2CCN(C(=O)O[C@H](Cc3cc(C)c(OCc4ccccc4)c(C)c3)C(=O)N3CCC(N4CCOCC4)CC3)CC2)CC1. The second kappa shape index (κ2) is 18.8. The number of benzene rings is 2. The number of rotatable bonds is 11. The Hall–Kier alpha value is -4.35. The van der Waals surface area contributed by atoms with Crippen molar-refractivity contribution < 1.29 is 28.6 Å². The molecule has 0 spiro atoms. The standard InChI is InChI=1S/C43H59N5O6/c1-5-10-35-13-22-48(42(50)44-38(35)6-2)37-16-20-47(21-17-37)43(51)54-39(41(49)46-18-14-36(15-19-46)45-23-25-52-26-24-45)29-34-27-31(3)40(32(4)28-34)53-30-33-11-8-7-9-12-33/h5,7-12,27-28,36-37,39H,6,13-26,29-30H2,1-4H3,(H,44,50)/b10-5-/t39-/m1/s1. The van der Waals surface area contributed by atoms with Crippen molar-refractivity contribution in [2.24, 2.45) is 0 Å². The second-order valence-electron chi connectivity index (χ2n) is 15.1. The molecule has 2 aromatic rings. The van der Waals surface area contributed by atoms with Crippen LogP contribution in [0, 0.1) is 13.8 Å². The zero-order valence-electron chi connectivity index (χ0n) is 32.7. The van der Waals surface area contributed by atoms with Crippen LogP contribution < -0.4 is 10.1 Å². The number of morpholine rings is 1. The Morgan fingerprint density at radius 3 is 2.19 bits per heavy atom. The van der Waals surface area contributed by atoms with Crippen LogP contribution in [0.3, 0.4) is 0 Å². The molecule has 0 aromatic heterocycles. The fourth-order valence-corrected chi connectivity index (χ4v) is 8.49. The van der Waals surface area contributed by atoms with Crippen LogP contribution in [0.1, 0.15) is 74.6 Å². The summed E-state index contributed by atoms with van der Waals surface area (Å²) < 4.78 is 18.0. The van der Waals surface area contributed by atoms with Crippen LogP contribution in [0.25, 0.3) is 0 Å². The molecular formula is C43H59N5O6. The van der Waals surface area contributed by atoms with Crippen LogP contribution in [-0.4, -0.2) is 115 Å². The largest absolute Gasteiger partial charge is 0.488 e. The third kappa shape index (κ3) is 9.84. The topological polar surface area (TPSA) is 104 Å². The first kappa shape index (κ1) is 39.3. The number of carbonyl (C=O) groups excluding carboxylic acids is 3. The highest BCUT2D eigenvalue weighted by atomic mass is 16.6. The van der Waals surface area contributed by atoms with Crippen molar-refractivity contribution in [3.05, 3.63) is 88.1 Å². The number of allylic oxidation sites excluding steroid dienone is 3. The minimum Gasteiger partial charge on any atom is -0.488 e. The summed E-state index contributed by atoms with van der Waals surface area (Å²) in [7, 11) is 0. The highest BCUT2D eigenvalue weighted by molar-refractivity contribution is 5.84. The van der Waals surface area contributed by atoms with E-state index in [1.165, 1.54) is 0 Å². The summed E-state index contributed by atoms with van der Waals surface area (Å²) in [6, 6.07) is 14.6. The van der Waals surface area contributed by atoms with Crippen LogP contribution in [0.2, 0.25) is 0 Å². The summed E-state index contributed by atoms with van der Waals surface area (Å²) in [6.45, 7) is 14.7. The second-order valence-corrected chi connectivity index (χ2v) is 15.1. The smallest absolute Gasteiger partial charge is 0.410 e.